The first-order valence-electron chi connectivity index (χ1n) is 9.95. The summed E-state index contributed by atoms with van der Waals surface area (Å²) in [5, 5.41) is 13.6. The summed E-state index contributed by atoms with van der Waals surface area (Å²) in [6, 6.07) is 9.32. The van der Waals surface area contributed by atoms with Crippen LogP contribution in [0, 0.1) is 15.9 Å². The maximum Gasteiger partial charge on any atom is 0.271 e. The molecule has 12 heteroatoms. The van der Waals surface area contributed by atoms with Crippen molar-refractivity contribution in [2.24, 2.45) is 0 Å². The summed E-state index contributed by atoms with van der Waals surface area (Å²) in [5.74, 6) is -1.62. The zero-order valence-electron chi connectivity index (χ0n) is 18.4. The van der Waals surface area contributed by atoms with Crippen molar-refractivity contribution in [3.8, 4) is 0 Å². The first-order chi connectivity index (χ1) is 15.5. The van der Waals surface area contributed by atoms with Crippen molar-refractivity contribution < 1.29 is 27.3 Å². The van der Waals surface area contributed by atoms with E-state index in [1.54, 1.807) is 6.92 Å². The quantitative estimate of drug-likeness (QED) is 0.409. The average Bonchev–Trinajstić information content (AvgIpc) is 2.77. The Bertz CT molecular complexity index is 1120. The van der Waals surface area contributed by atoms with E-state index in [9.17, 15) is 32.5 Å². The van der Waals surface area contributed by atoms with Gasteiger partial charge >= 0.3 is 0 Å². The van der Waals surface area contributed by atoms with E-state index >= 15 is 0 Å². The molecule has 0 aromatic heterocycles. The Morgan fingerprint density at radius 2 is 1.82 bits per heavy atom. The number of carbonyl (C=O) groups is 2. The lowest BCUT2D eigenvalue weighted by molar-refractivity contribution is -0.384. The van der Waals surface area contributed by atoms with Gasteiger partial charge < -0.3 is 10.2 Å². The number of anilines is 1. The normalized spacial score (nSPS) is 12.0. The van der Waals surface area contributed by atoms with E-state index < -0.39 is 45.2 Å². The topological polar surface area (TPSA) is 130 Å². The number of nitro benzene ring substituents is 1. The second kappa shape index (κ2) is 10.9. The number of nitrogens with one attached hydrogen (secondary N) is 1. The molecule has 0 saturated carbocycles. The van der Waals surface area contributed by atoms with Gasteiger partial charge in [-0.25, -0.2) is 12.8 Å². The molecule has 0 aliphatic carbocycles. The van der Waals surface area contributed by atoms with Crippen LogP contribution in [0.1, 0.15) is 18.9 Å². The van der Waals surface area contributed by atoms with Crippen molar-refractivity contribution in [3.05, 3.63) is 70.0 Å². The third kappa shape index (κ3) is 6.72. The molecular weight excluding hydrogens is 455 g/mol. The number of benzene rings is 2. The van der Waals surface area contributed by atoms with Crippen LogP contribution in [0.25, 0.3) is 0 Å². The molecular formula is C21H25FN4O6S. The molecule has 178 valence electrons. The molecule has 0 unspecified atom stereocenters. The highest BCUT2D eigenvalue weighted by Gasteiger charge is 2.31. The zero-order valence-corrected chi connectivity index (χ0v) is 19.2. The van der Waals surface area contributed by atoms with E-state index in [-0.39, 0.29) is 24.3 Å². The predicted octanol–water partition coefficient (Wildman–Crippen LogP) is 2.05. The van der Waals surface area contributed by atoms with Crippen molar-refractivity contribution in [1.29, 1.82) is 0 Å². The summed E-state index contributed by atoms with van der Waals surface area (Å²) in [4.78, 5) is 37.4. The number of likely N-dealkylation sites (N-methyl/N-ethyl adjacent to an activating group) is 1. The highest BCUT2D eigenvalue weighted by Crippen LogP contribution is 2.24. The second-order valence-corrected chi connectivity index (χ2v) is 9.14. The van der Waals surface area contributed by atoms with Crippen LogP contribution in [0.2, 0.25) is 0 Å². The van der Waals surface area contributed by atoms with Crippen LogP contribution in [-0.4, -0.2) is 55.9 Å². The van der Waals surface area contributed by atoms with Gasteiger partial charge in [-0.05, 0) is 30.2 Å². The van der Waals surface area contributed by atoms with Gasteiger partial charge in [0.05, 0.1) is 16.9 Å². The minimum absolute atomic E-state index is 0.0604. The number of nitro groups is 1. The van der Waals surface area contributed by atoms with Crippen LogP contribution >= 0.6 is 0 Å². The van der Waals surface area contributed by atoms with E-state index in [1.165, 1.54) is 54.4 Å². The molecule has 2 rings (SSSR count). The van der Waals surface area contributed by atoms with Gasteiger partial charge in [0.15, 0.2) is 0 Å². The number of nitrogens with zero attached hydrogens (tertiary/aromatic N) is 3. The monoisotopic (exact) mass is 480 g/mol. The highest BCUT2D eigenvalue weighted by atomic mass is 32.2. The van der Waals surface area contributed by atoms with E-state index in [0.717, 1.165) is 16.6 Å². The molecule has 0 saturated heterocycles. The fourth-order valence-electron chi connectivity index (χ4n) is 3.25. The molecule has 1 atom stereocenters. The largest absolute Gasteiger partial charge is 0.357 e. The van der Waals surface area contributed by atoms with Gasteiger partial charge in [-0.1, -0.05) is 25.1 Å². The Morgan fingerprint density at radius 3 is 2.33 bits per heavy atom. The van der Waals surface area contributed by atoms with Crippen LogP contribution in [-0.2, 0) is 26.2 Å². The summed E-state index contributed by atoms with van der Waals surface area (Å²) in [5.41, 5.74) is 0.136. The average molecular weight is 481 g/mol. The van der Waals surface area contributed by atoms with Gasteiger partial charge in [0, 0.05) is 25.7 Å². The first-order valence-corrected chi connectivity index (χ1v) is 11.8. The van der Waals surface area contributed by atoms with Crippen molar-refractivity contribution in [3.63, 3.8) is 0 Å². The van der Waals surface area contributed by atoms with Gasteiger partial charge in [0.25, 0.3) is 5.69 Å². The smallest absolute Gasteiger partial charge is 0.271 e. The van der Waals surface area contributed by atoms with Crippen LogP contribution in [0.4, 0.5) is 15.8 Å². The third-order valence-corrected chi connectivity index (χ3v) is 6.05. The summed E-state index contributed by atoms with van der Waals surface area (Å²) < 4.78 is 39.0. The number of non-ortho nitro benzene ring substituents is 1. The molecule has 33 heavy (non-hydrogen) atoms. The van der Waals surface area contributed by atoms with E-state index in [0.29, 0.717) is 5.56 Å². The Morgan fingerprint density at radius 1 is 1.18 bits per heavy atom. The van der Waals surface area contributed by atoms with Crippen LogP contribution in [0.5, 0.6) is 0 Å². The van der Waals surface area contributed by atoms with Crippen molar-refractivity contribution >= 4 is 33.2 Å². The van der Waals surface area contributed by atoms with E-state index in [4.69, 9.17) is 0 Å². The lowest BCUT2D eigenvalue weighted by Crippen LogP contribution is -2.51. The molecule has 10 nitrogen and oxygen atoms in total. The number of hydrogen-bond acceptors (Lipinski definition) is 6. The fourth-order valence-corrected chi connectivity index (χ4v) is 4.09. The van der Waals surface area contributed by atoms with Gasteiger partial charge in [-0.3, -0.25) is 24.0 Å². The summed E-state index contributed by atoms with van der Waals surface area (Å²) in [6.45, 7) is 0.937. The van der Waals surface area contributed by atoms with Crippen LogP contribution in [0.3, 0.4) is 0 Å². The van der Waals surface area contributed by atoms with Crippen LogP contribution in [0.15, 0.2) is 48.5 Å². The number of rotatable bonds is 10. The maximum atomic E-state index is 13.3. The van der Waals surface area contributed by atoms with E-state index in [2.05, 4.69) is 5.32 Å². The van der Waals surface area contributed by atoms with Crippen molar-refractivity contribution in [2.45, 2.75) is 25.9 Å². The predicted molar refractivity (Wildman–Crippen MR) is 120 cm³/mol. The lowest BCUT2D eigenvalue weighted by Gasteiger charge is -2.32. The minimum Gasteiger partial charge on any atom is -0.357 e. The summed E-state index contributed by atoms with van der Waals surface area (Å²) in [6.07, 6.45) is 1.11. The summed E-state index contributed by atoms with van der Waals surface area (Å²) in [7, 11) is -2.60. The number of hydrogen-bond donors (Lipinski definition) is 1. The SMILES string of the molecule is CC[C@@H](C(=O)NC)N(Cc1ccc(F)cc1)C(=O)CN(c1cccc([N+](=O)[O-])c1)S(C)(=O)=O. The minimum atomic E-state index is -4.01. The number of sulfonamides is 1. The highest BCUT2D eigenvalue weighted by molar-refractivity contribution is 7.92. The third-order valence-electron chi connectivity index (χ3n) is 4.91. The molecule has 0 bridgehead atoms. The molecule has 0 radical (unpaired) electrons. The first kappa shape index (κ1) is 25.7. The van der Waals surface area contributed by atoms with Gasteiger partial charge in [-0.15, -0.1) is 0 Å². The zero-order chi connectivity index (χ0) is 24.8. The van der Waals surface area contributed by atoms with Crippen molar-refractivity contribution in [2.75, 3.05) is 24.2 Å². The molecule has 0 aliphatic rings. The van der Waals surface area contributed by atoms with E-state index in [1.807, 2.05) is 0 Å². The number of amides is 2. The molecule has 0 fully saturated rings. The van der Waals surface area contributed by atoms with Gasteiger partial charge in [0.2, 0.25) is 21.8 Å². The fraction of sp³-hybridized carbons (Fsp3) is 0.333. The molecule has 0 heterocycles. The lowest BCUT2D eigenvalue weighted by atomic mass is 10.1. The molecule has 0 aliphatic heterocycles. The molecule has 2 aromatic rings. The number of halogens is 1. The Hall–Kier alpha value is -3.54. The standard InChI is InChI=1S/C21H25FN4O6S/c1-4-19(21(28)23-2)24(13-15-8-10-16(22)11-9-15)20(27)14-25(33(3,31)32)17-6-5-7-18(12-17)26(29)30/h5-12,19H,4,13-14H2,1-3H3,(H,23,28)/t19-/m0/s1. The van der Waals surface area contributed by atoms with Crippen LogP contribution < -0.4 is 9.62 Å². The van der Waals surface area contributed by atoms with Gasteiger partial charge in [-0.2, -0.15) is 0 Å². The Balaban J connectivity index is 2.45. The maximum absolute atomic E-state index is 13.3. The molecule has 1 N–H and O–H groups in total. The van der Waals surface area contributed by atoms with Gasteiger partial charge in [0.1, 0.15) is 18.4 Å². The summed E-state index contributed by atoms with van der Waals surface area (Å²) >= 11 is 0. The molecule has 2 amide bonds. The number of carbonyl (C=O) groups excluding carboxylic acids is 2. The second-order valence-electron chi connectivity index (χ2n) is 7.23. The molecule has 2 aromatic carbocycles. The van der Waals surface area contributed by atoms with Crippen molar-refractivity contribution in [1.82, 2.24) is 10.2 Å². The molecule has 0 spiro atoms. The Kier molecular flexibility index (Phi) is 8.46. The Labute approximate surface area is 191 Å².